The van der Waals surface area contributed by atoms with E-state index in [0.717, 1.165) is 25.7 Å². The summed E-state index contributed by atoms with van der Waals surface area (Å²) in [4.78, 5) is 28.2. The van der Waals surface area contributed by atoms with Crippen LogP contribution < -0.4 is 5.32 Å². The first-order valence-corrected chi connectivity index (χ1v) is 11.8. The smallest absolute Gasteiger partial charge is 0.338 e. The third-order valence-electron chi connectivity index (χ3n) is 4.95. The van der Waals surface area contributed by atoms with Crippen LogP contribution in [-0.2, 0) is 19.6 Å². The minimum atomic E-state index is -3.66. The molecular weight excluding hydrogens is 442 g/mol. The van der Waals surface area contributed by atoms with Gasteiger partial charge in [0, 0.05) is 25.0 Å². The molecule has 0 unspecified atom stereocenters. The van der Waals surface area contributed by atoms with Crippen LogP contribution in [0.25, 0.3) is 0 Å². The van der Waals surface area contributed by atoms with Crippen LogP contribution in [0.4, 0.5) is 5.69 Å². The molecule has 1 amide bonds. The highest BCUT2D eigenvalue weighted by atomic mass is 35.5. The molecule has 1 fully saturated rings. The number of esters is 1. The van der Waals surface area contributed by atoms with Crippen molar-refractivity contribution in [1.29, 1.82) is 0 Å². The van der Waals surface area contributed by atoms with Gasteiger partial charge in [0.05, 0.1) is 10.5 Å². The maximum Gasteiger partial charge on any atom is 0.338 e. The van der Waals surface area contributed by atoms with Gasteiger partial charge < -0.3 is 10.1 Å². The van der Waals surface area contributed by atoms with Crippen molar-refractivity contribution in [3.8, 4) is 0 Å². The van der Waals surface area contributed by atoms with Gasteiger partial charge in [-0.05, 0) is 49.6 Å². The Morgan fingerprint density at radius 3 is 2.52 bits per heavy atom. The Morgan fingerprint density at radius 2 is 1.84 bits per heavy atom. The predicted octanol–water partition coefficient (Wildman–Crippen LogP) is 3.40. The maximum atomic E-state index is 13.1. The Morgan fingerprint density at radius 1 is 1.13 bits per heavy atom. The Balaban J connectivity index is 1.67. The fourth-order valence-electron chi connectivity index (χ4n) is 3.32. The number of ether oxygens (including phenoxy) is 1. The maximum absolute atomic E-state index is 13.1. The molecule has 0 aliphatic carbocycles. The van der Waals surface area contributed by atoms with Gasteiger partial charge in [0.2, 0.25) is 10.0 Å². The highest BCUT2D eigenvalue weighted by Crippen LogP contribution is 2.25. The van der Waals surface area contributed by atoms with E-state index in [1.807, 2.05) is 0 Å². The fourth-order valence-corrected chi connectivity index (χ4v) is 5.26. The van der Waals surface area contributed by atoms with Gasteiger partial charge >= 0.3 is 5.97 Å². The summed E-state index contributed by atoms with van der Waals surface area (Å²) >= 11 is 5.74. The van der Waals surface area contributed by atoms with Crippen LogP contribution in [0.15, 0.2) is 41.4 Å². The summed E-state index contributed by atoms with van der Waals surface area (Å²) in [5, 5.41) is 2.71. The van der Waals surface area contributed by atoms with Crippen molar-refractivity contribution in [2.24, 2.45) is 0 Å². The standard InChI is InChI=1S/C21H24ClN3O5S/c1-15-6-7-17(13-18(15)31(28,29)25-10-4-2-3-5-11-25)24-20(26)14-30-21(27)16-8-9-23-19(22)12-16/h6-9,12-13H,2-5,10-11,14H2,1H3,(H,24,26). The first-order valence-electron chi connectivity index (χ1n) is 9.97. The van der Waals surface area contributed by atoms with Crippen LogP contribution in [0.5, 0.6) is 0 Å². The number of hydrogen-bond acceptors (Lipinski definition) is 6. The molecule has 2 heterocycles. The van der Waals surface area contributed by atoms with Gasteiger partial charge in [0.15, 0.2) is 6.61 Å². The molecule has 2 aromatic rings. The number of nitrogens with zero attached hydrogens (tertiary/aromatic N) is 2. The lowest BCUT2D eigenvalue weighted by atomic mass is 10.2. The number of nitrogens with one attached hydrogen (secondary N) is 1. The van der Waals surface area contributed by atoms with E-state index in [1.54, 1.807) is 19.1 Å². The minimum Gasteiger partial charge on any atom is -0.452 e. The number of amides is 1. The normalized spacial score (nSPS) is 15.2. The number of carbonyl (C=O) groups is 2. The topological polar surface area (TPSA) is 106 Å². The lowest BCUT2D eigenvalue weighted by Crippen LogP contribution is -2.32. The number of aryl methyl sites for hydroxylation is 1. The number of aromatic nitrogens is 1. The molecule has 10 heteroatoms. The Labute approximate surface area is 186 Å². The highest BCUT2D eigenvalue weighted by Gasteiger charge is 2.27. The van der Waals surface area contributed by atoms with Crippen molar-refractivity contribution < 1.29 is 22.7 Å². The van der Waals surface area contributed by atoms with E-state index in [4.69, 9.17) is 16.3 Å². The third kappa shape index (κ3) is 6.03. The molecule has 1 aliphatic rings. The first kappa shape index (κ1) is 23.2. The number of benzene rings is 1. The summed E-state index contributed by atoms with van der Waals surface area (Å²) in [7, 11) is -3.66. The molecule has 31 heavy (non-hydrogen) atoms. The first-order chi connectivity index (χ1) is 14.8. The number of sulfonamides is 1. The molecule has 1 N–H and O–H groups in total. The van der Waals surface area contributed by atoms with Gasteiger partial charge in [-0.3, -0.25) is 4.79 Å². The predicted molar refractivity (Wildman–Crippen MR) is 117 cm³/mol. The van der Waals surface area contributed by atoms with Crippen LogP contribution >= 0.6 is 11.6 Å². The molecular formula is C21H24ClN3O5S. The largest absolute Gasteiger partial charge is 0.452 e. The van der Waals surface area contributed by atoms with Crippen molar-refractivity contribution in [3.05, 3.63) is 52.8 Å². The van der Waals surface area contributed by atoms with E-state index in [2.05, 4.69) is 10.3 Å². The van der Waals surface area contributed by atoms with Crippen molar-refractivity contribution in [2.75, 3.05) is 25.0 Å². The van der Waals surface area contributed by atoms with Gasteiger partial charge in [0.25, 0.3) is 5.91 Å². The van der Waals surface area contributed by atoms with Crippen molar-refractivity contribution in [1.82, 2.24) is 9.29 Å². The molecule has 0 radical (unpaired) electrons. The van der Waals surface area contributed by atoms with E-state index in [0.29, 0.717) is 24.3 Å². The van der Waals surface area contributed by atoms with Crippen LogP contribution in [0.1, 0.15) is 41.6 Å². The second-order valence-corrected chi connectivity index (χ2v) is 9.58. The summed E-state index contributed by atoms with van der Waals surface area (Å²) in [6.07, 6.45) is 5.07. The lowest BCUT2D eigenvalue weighted by Gasteiger charge is -2.21. The van der Waals surface area contributed by atoms with E-state index in [9.17, 15) is 18.0 Å². The number of hydrogen-bond donors (Lipinski definition) is 1. The van der Waals surface area contributed by atoms with Gasteiger partial charge in [-0.1, -0.05) is 30.5 Å². The van der Waals surface area contributed by atoms with Crippen LogP contribution in [0, 0.1) is 6.92 Å². The van der Waals surface area contributed by atoms with Gasteiger partial charge in [-0.15, -0.1) is 0 Å². The zero-order valence-corrected chi connectivity index (χ0v) is 18.7. The zero-order chi connectivity index (χ0) is 22.4. The third-order valence-corrected chi connectivity index (χ3v) is 7.20. The minimum absolute atomic E-state index is 0.136. The van der Waals surface area contributed by atoms with Crippen LogP contribution in [0.2, 0.25) is 5.15 Å². The van der Waals surface area contributed by atoms with Gasteiger partial charge in [0.1, 0.15) is 5.15 Å². The summed E-state index contributed by atoms with van der Waals surface area (Å²) in [6, 6.07) is 7.45. The van der Waals surface area contributed by atoms with Gasteiger partial charge in [-0.25, -0.2) is 18.2 Å². The summed E-state index contributed by atoms with van der Waals surface area (Å²) in [5.41, 5.74) is 1.09. The molecule has 0 saturated carbocycles. The van der Waals surface area contributed by atoms with E-state index in [-0.39, 0.29) is 15.6 Å². The quantitative estimate of drug-likeness (QED) is 0.517. The Hall–Kier alpha value is -2.49. The summed E-state index contributed by atoms with van der Waals surface area (Å²) < 4.78 is 32.7. The molecule has 0 bridgehead atoms. The number of rotatable bonds is 6. The van der Waals surface area contributed by atoms with E-state index < -0.39 is 28.5 Å². The average molecular weight is 466 g/mol. The zero-order valence-electron chi connectivity index (χ0n) is 17.1. The van der Waals surface area contributed by atoms with Crippen molar-refractivity contribution in [3.63, 3.8) is 0 Å². The number of halogens is 1. The number of anilines is 1. The number of pyridine rings is 1. The van der Waals surface area contributed by atoms with E-state index >= 15 is 0 Å². The summed E-state index contributed by atoms with van der Waals surface area (Å²) in [5.74, 6) is -1.30. The average Bonchev–Trinajstić information content (AvgIpc) is 3.03. The Bertz CT molecular complexity index is 1070. The van der Waals surface area contributed by atoms with Crippen LogP contribution in [0.3, 0.4) is 0 Å². The second-order valence-electron chi connectivity index (χ2n) is 7.29. The SMILES string of the molecule is Cc1ccc(NC(=O)COC(=O)c2ccnc(Cl)c2)cc1S(=O)(=O)N1CCCCCC1. The molecule has 1 aromatic carbocycles. The second kappa shape index (κ2) is 10.2. The number of carbonyl (C=O) groups excluding carboxylic acids is 2. The lowest BCUT2D eigenvalue weighted by molar-refractivity contribution is -0.119. The van der Waals surface area contributed by atoms with E-state index in [1.165, 1.54) is 28.7 Å². The highest BCUT2D eigenvalue weighted by molar-refractivity contribution is 7.89. The molecule has 1 aliphatic heterocycles. The fraction of sp³-hybridized carbons (Fsp3) is 0.381. The molecule has 0 spiro atoms. The molecule has 8 nitrogen and oxygen atoms in total. The van der Waals surface area contributed by atoms with Gasteiger partial charge in [-0.2, -0.15) is 4.31 Å². The molecule has 3 rings (SSSR count). The molecule has 1 aromatic heterocycles. The monoisotopic (exact) mass is 465 g/mol. The molecule has 166 valence electrons. The van der Waals surface area contributed by atoms with Crippen molar-refractivity contribution in [2.45, 2.75) is 37.5 Å². The molecule has 0 atom stereocenters. The van der Waals surface area contributed by atoms with Crippen LogP contribution in [-0.4, -0.2) is 49.3 Å². The summed E-state index contributed by atoms with van der Waals surface area (Å²) in [6.45, 7) is 2.18. The van der Waals surface area contributed by atoms with Crippen molar-refractivity contribution >= 4 is 39.2 Å². The Kier molecular flexibility index (Phi) is 7.64. The molecule has 1 saturated heterocycles.